The second-order valence-electron chi connectivity index (χ2n) is 4.10. The molecule has 0 radical (unpaired) electrons. The van der Waals surface area contributed by atoms with Gasteiger partial charge in [0, 0.05) is 5.02 Å². The van der Waals surface area contributed by atoms with Crippen LogP contribution < -0.4 is 4.74 Å². The second-order valence-corrected chi connectivity index (χ2v) is 4.50. The first-order valence-corrected chi connectivity index (χ1v) is 4.67. The van der Waals surface area contributed by atoms with Gasteiger partial charge in [-0.1, -0.05) is 38.4 Å². The van der Waals surface area contributed by atoms with Gasteiger partial charge in [0.15, 0.2) is 0 Å². The van der Waals surface area contributed by atoms with Gasteiger partial charge in [0.2, 0.25) is 0 Å². The summed E-state index contributed by atoms with van der Waals surface area (Å²) in [5.74, 6) is 0.804. The fraction of sp³-hybridized carbons (Fsp3) is 0.455. The highest BCUT2D eigenvalue weighted by atomic mass is 35.5. The van der Waals surface area contributed by atoms with E-state index in [-0.39, 0.29) is 5.41 Å². The Bertz CT molecular complexity index is 299. The highest BCUT2D eigenvalue weighted by Gasteiger charge is 2.17. The van der Waals surface area contributed by atoms with Gasteiger partial charge in [0.05, 0.1) is 7.11 Å². The summed E-state index contributed by atoms with van der Waals surface area (Å²) in [5, 5.41) is 0.770. The van der Waals surface area contributed by atoms with Crippen molar-refractivity contribution in [2.45, 2.75) is 26.2 Å². The average Bonchev–Trinajstić information content (AvgIpc) is 2.01. The van der Waals surface area contributed by atoms with E-state index in [4.69, 9.17) is 16.3 Å². The molecule has 1 aromatic rings. The van der Waals surface area contributed by atoms with Crippen LogP contribution in [-0.4, -0.2) is 7.11 Å². The van der Waals surface area contributed by atoms with Crippen LogP contribution in [-0.2, 0) is 5.41 Å². The molecule has 0 N–H and O–H groups in total. The summed E-state index contributed by atoms with van der Waals surface area (Å²) in [5.41, 5.74) is 1.23. The molecule has 72 valence electrons. The monoisotopic (exact) mass is 198 g/mol. The first kappa shape index (κ1) is 10.4. The number of methoxy groups -OCH3 is 1. The fourth-order valence-electron chi connectivity index (χ4n) is 1.23. The number of ether oxygens (including phenoxy) is 1. The standard InChI is InChI=1S/C11H15ClO/c1-11(2,3)9-6-5-8(13-4)7-10(9)12/h5-7H,1-4H3. The minimum atomic E-state index is 0.0867. The van der Waals surface area contributed by atoms with Gasteiger partial charge in [-0.3, -0.25) is 0 Å². The molecule has 1 rings (SSSR count). The van der Waals surface area contributed by atoms with Crippen LogP contribution in [0.3, 0.4) is 0 Å². The van der Waals surface area contributed by atoms with Crippen molar-refractivity contribution in [3.05, 3.63) is 28.8 Å². The van der Waals surface area contributed by atoms with E-state index in [1.54, 1.807) is 7.11 Å². The van der Waals surface area contributed by atoms with E-state index < -0.39 is 0 Å². The van der Waals surface area contributed by atoms with Crippen molar-refractivity contribution in [1.29, 1.82) is 0 Å². The Balaban J connectivity index is 3.13. The Morgan fingerprint density at radius 1 is 1.23 bits per heavy atom. The van der Waals surface area contributed by atoms with Crippen LogP contribution in [0.15, 0.2) is 18.2 Å². The van der Waals surface area contributed by atoms with Crippen molar-refractivity contribution in [3.63, 3.8) is 0 Å². The Hall–Kier alpha value is -0.690. The molecule has 0 aliphatic rings. The van der Waals surface area contributed by atoms with Crippen LogP contribution >= 0.6 is 11.6 Å². The third kappa shape index (κ3) is 2.38. The van der Waals surface area contributed by atoms with Gasteiger partial charge < -0.3 is 4.74 Å². The van der Waals surface area contributed by atoms with Crippen LogP contribution in [0.5, 0.6) is 5.75 Å². The molecule has 0 aromatic heterocycles. The highest BCUT2D eigenvalue weighted by Crippen LogP contribution is 2.31. The number of hydrogen-bond donors (Lipinski definition) is 0. The first-order chi connectivity index (χ1) is 5.95. The van der Waals surface area contributed by atoms with E-state index in [9.17, 15) is 0 Å². The lowest BCUT2D eigenvalue weighted by atomic mass is 9.87. The minimum Gasteiger partial charge on any atom is -0.497 e. The predicted molar refractivity (Wildman–Crippen MR) is 56.7 cm³/mol. The molecular weight excluding hydrogens is 184 g/mol. The first-order valence-electron chi connectivity index (χ1n) is 4.29. The number of hydrogen-bond acceptors (Lipinski definition) is 1. The maximum atomic E-state index is 6.11. The zero-order valence-electron chi connectivity index (χ0n) is 8.52. The Morgan fingerprint density at radius 3 is 2.23 bits per heavy atom. The maximum absolute atomic E-state index is 6.11. The summed E-state index contributed by atoms with van der Waals surface area (Å²) in [4.78, 5) is 0. The van der Waals surface area contributed by atoms with E-state index in [0.29, 0.717) is 0 Å². The molecule has 0 saturated carbocycles. The molecule has 0 fully saturated rings. The second kappa shape index (κ2) is 3.59. The SMILES string of the molecule is COc1ccc(C(C)(C)C)c(Cl)c1. The molecule has 0 bridgehead atoms. The van der Waals surface area contributed by atoms with Crippen LogP contribution in [0.25, 0.3) is 0 Å². The third-order valence-electron chi connectivity index (χ3n) is 1.98. The third-order valence-corrected chi connectivity index (χ3v) is 2.30. The summed E-state index contributed by atoms with van der Waals surface area (Å²) in [6, 6.07) is 5.80. The molecule has 0 aliphatic heterocycles. The molecular formula is C11H15ClO. The zero-order chi connectivity index (χ0) is 10.1. The van der Waals surface area contributed by atoms with Gasteiger partial charge >= 0.3 is 0 Å². The van der Waals surface area contributed by atoms with Crippen molar-refractivity contribution in [1.82, 2.24) is 0 Å². The van der Waals surface area contributed by atoms with Gasteiger partial charge in [-0.2, -0.15) is 0 Å². The molecule has 0 saturated heterocycles. The zero-order valence-corrected chi connectivity index (χ0v) is 9.27. The molecule has 0 aliphatic carbocycles. The van der Waals surface area contributed by atoms with Crippen LogP contribution in [0, 0.1) is 0 Å². The lowest BCUT2D eigenvalue weighted by molar-refractivity contribution is 0.414. The molecule has 0 spiro atoms. The molecule has 0 atom stereocenters. The molecule has 0 amide bonds. The van der Waals surface area contributed by atoms with Gasteiger partial charge in [-0.25, -0.2) is 0 Å². The van der Waals surface area contributed by atoms with Gasteiger partial charge in [0.1, 0.15) is 5.75 Å². The van der Waals surface area contributed by atoms with E-state index >= 15 is 0 Å². The summed E-state index contributed by atoms with van der Waals surface area (Å²) in [7, 11) is 1.64. The van der Waals surface area contributed by atoms with Crippen molar-refractivity contribution in [2.24, 2.45) is 0 Å². The van der Waals surface area contributed by atoms with Crippen molar-refractivity contribution in [2.75, 3.05) is 7.11 Å². The largest absolute Gasteiger partial charge is 0.497 e. The smallest absolute Gasteiger partial charge is 0.120 e. The maximum Gasteiger partial charge on any atom is 0.120 e. The summed E-state index contributed by atoms with van der Waals surface area (Å²) in [6.07, 6.45) is 0. The number of halogens is 1. The summed E-state index contributed by atoms with van der Waals surface area (Å²) < 4.78 is 5.08. The summed E-state index contributed by atoms with van der Waals surface area (Å²) >= 11 is 6.11. The Morgan fingerprint density at radius 2 is 1.85 bits per heavy atom. The highest BCUT2D eigenvalue weighted by molar-refractivity contribution is 6.31. The Kier molecular flexibility index (Phi) is 2.87. The van der Waals surface area contributed by atoms with Crippen molar-refractivity contribution >= 4 is 11.6 Å². The molecule has 0 unspecified atom stereocenters. The number of benzene rings is 1. The molecule has 1 nitrogen and oxygen atoms in total. The summed E-state index contributed by atoms with van der Waals surface area (Å²) in [6.45, 7) is 6.42. The van der Waals surface area contributed by atoms with E-state index in [1.165, 1.54) is 0 Å². The number of rotatable bonds is 1. The van der Waals surface area contributed by atoms with Gasteiger partial charge in [-0.15, -0.1) is 0 Å². The fourth-order valence-corrected chi connectivity index (χ4v) is 1.69. The Labute approximate surface area is 84.7 Å². The van der Waals surface area contributed by atoms with Crippen molar-refractivity contribution < 1.29 is 4.74 Å². The lowest BCUT2D eigenvalue weighted by Crippen LogP contribution is -2.11. The van der Waals surface area contributed by atoms with Crippen LogP contribution in [0.4, 0.5) is 0 Å². The van der Waals surface area contributed by atoms with E-state index in [0.717, 1.165) is 16.3 Å². The normalized spacial score (nSPS) is 11.5. The van der Waals surface area contributed by atoms with E-state index in [2.05, 4.69) is 20.8 Å². The molecule has 2 heteroatoms. The van der Waals surface area contributed by atoms with Crippen LogP contribution in [0.2, 0.25) is 5.02 Å². The lowest BCUT2D eigenvalue weighted by Gasteiger charge is -2.20. The predicted octanol–water partition coefficient (Wildman–Crippen LogP) is 3.65. The molecule has 0 heterocycles. The molecule has 1 aromatic carbocycles. The quantitative estimate of drug-likeness (QED) is 0.670. The minimum absolute atomic E-state index is 0.0867. The molecule has 13 heavy (non-hydrogen) atoms. The van der Waals surface area contributed by atoms with E-state index in [1.807, 2.05) is 18.2 Å². The van der Waals surface area contributed by atoms with Crippen LogP contribution in [0.1, 0.15) is 26.3 Å². The van der Waals surface area contributed by atoms with Gasteiger partial charge in [0.25, 0.3) is 0 Å². The average molecular weight is 199 g/mol. The topological polar surface area (TPSA) is 9.23 Å². The van der Waals surface area contributed by atoms with Gasteiger partial charge in [-0.05, 0) is 23.1 Å². The van der Waals surface area contributed by atoms with Crippen molar-refractivity contribution in [3.8, 4) is 5.75 Å².